The molecule has 2 rings (SSSR count). The SMILES string of the molecule is Cc1ccccc1S(=O)(=O)N1CCC[C@@H](N)C1.Cl. The molecule has 0 spiro atoms. The second-order valence-electron chi connectivity index (χ2n) is 4.53. The van der Waals surface area contributed by atoms with E-state index in [0.29, 0.717) is 18.0 Å². The zero-order chi connectivity index (χ0) is 12.5. The summed E-state index contributed by atoms with van der Waals surface area (Å²) in [5, 5.41) is 0. The van der Waals surface area contributed by atoms with Crippen LogP contribution in [-0.4, -0.2) is 31.9 Å². The number of aryl methyl sites for hydroxylation is 1. The number of nitrogens with two attached hydrogens (primary N) is 1. The Labute approximate surface area is 115 Å². The first-order valence-corrected chi connectivity index (χ1v) is 7.27. The Morgan fingerprint density at radius 1 is 1.33 bits per heavy atom. The lowest BCUT2D eigenvalue weighted by Crippen LogP contribution is -2.45. The number of halogens is 1. The van der Waals surface area contributed by atoms with Gasteiger partial charge in [0, 0.05) is 19.1 Å². The molecule has 0 bridgehead atoms. The number of benzene rings is 1. The van der Waals surface area contributed by atoms with Crippen LogP contribution in [0.4, 0.5) is 0 Å². The van der Waals surface area contributed by atoms with Crippen LogP contribution in [0, 0.1) is 6.92 Å². The van der Waals surface area contributed by atoms with Crippen molar-refractivity contribution >= 4 is 22.4 Å². The van der Waals surface area contributed by atoms with Crippen LogP contribution in [-0.2, 0) is 10.0 Å². The molecule has 0 radical (unpaired) electrons. The molecule has 1 saturated heterocycles. The maximum atomic E-state index is 12.4. The molecule has 0 aliphatic carbocycles. The van der Waals surface area contributed by atoms with Gasteiger partial charge >= 0.3 is 0 Å². The Morgan fingerprint density at radius 2 is 2.00 bits per heavy atom. The Balaban J connectivity index is 0.00000162. The fraction of sp³-hybridized carbons (Fsp3) is 0.500. The van der Waals surface area contributed by atoms with Gasteiger partial charge in [0.25, 0.3) is 0 Å². The molecule has 0 aromatic heterocycles. The summed E-state index contributed by atoms with van der Waals surface area (Å²) < 4.78 is 26.4. The van der Waals surface area contributed by atoms with Crippen molar-refractivity contribution in [1.29, 1.82) is 0 Å². The van der Waals surface area contributed by atoms with Gasteiger partial charge in [0.1, 0.15) is 0 Å². The standard InChI is InChI=1S/C12H18N2O2S.ClH/c1-10-5-2-3-7-12(10)17(15,16)14-8-4-6-11(13)9-14;/h2-3,5,7,11H,4,6,8-9,13H2,1H3;1H/t11-;/m1./s1. The molecule has 18 heavy (non-hydrogen) atoms. The van der Waals surface area contributed by atoms with Gasteiger partial charge in [-0.25, -0.2) is 8.42 Å². The third kappa shape index (κ3) is 3.03. The fourth-order valence-corrected chi connectivity index (χ4v) is 3.94. The van der Waals surface area contributed by atoms with Crippen molar-refractivity contribution in [2.24, 2.45) is 5.73 Å². The molecule has 2 N–H and O–H groups in total. The largest absolute Gasteiger partial charge is 0.327 e. The Bertz CT molecular complexity index is 505. The second kappa shape index (κ2) is 6.02. The maximum Gasteiger partial charge on any atom is 0.243 e. The van der Waals surface area contributed by atoms with E-state index >= 15 is 0 Å². The van der Waals surface area contributed by atoms with E-state index in [-0.39, 0.29) is 18.4 Å². The first-order chi connectivity index (χ1) is 8.01. The molecule has 1 aromatic rings. The fourth-order valence-electron chi connectivity index (χ4n) is 2.18. The van der Waals surface area contributed by atoms with Crippen molar-refractivity contribution in [1.82, 2.24) is 4.31 Å². The number of piperidine rings is 1. The van der Waals surface area contributed by atoms with Gasteiger partial charge in [-0.15, -0.1) is 12.4 Å². The van der Waals surface area contributed by atoms with Crippen molar-refractivity contribution < 1.29 is 8.42 Å². The number of hydrogen-bond donors (Lipinski definition) is 1. The second-order valence-corrected chi connectivity index (χ2v) is 6.44. The summed E-state index contributed by atoms with van der Waals surface area (Å²) >= 11 is 0. The quantitative estimate of drug-likeness (QED) is 0.898. The molecular formula is C12H19ClN2O2S. The van der Waals surface area contributed by atoms with E-state index in [0.717, 1.165) is 18.4 Å². The highest BCUT2D eigenvalue weighted by Crippen LogP contribution is 2.22. The Kier molecular flexibility index (Phi) is 5.16. The van der Waals surface area contributed by atoms with E-state index < -0.39 is 10.0 Å². The van der Waals surface area contributed by atoms with Crippen LogP contribution >= 0.6 is 12.4 Å². The molecule has 1 aliphatic rings. The van der Waals surface area contributed by atoms with Crippen LogP contribution in [0.3, 0.4) is 0 Å². The van der Waals surface area contributed by atoms with Crippen LogP contribution in [0.1, 0.15) is 18.4 Å². The van der Waals surface area contributed by atoms with Gasteiger partial charge in [-0.3, -0.25) is 0 Å². The predicted octanol–water partition coefficient (Wildman–Crippen LogP) is 1.53. The average Bonchev–Trinajstić information content (AvgIpc) is 2.29. The Morgan fingerprint density at radius 3 is 2.61 bits per heavy atom. The molecule has 1 aliphatic heterocycles. The highest BCUT2D eigenvalue weighted by molar-refractivity contribution is 7.89. The van der Waals surface area contributed by atoms with Gasteiger partial charge in [-0.1, -0.05) is 18.2 Å². The topological polar surface area (TPSA) is 63.4 Å². The number of nitrogens with zero attached hydrogens (tertiary/aromatic N) is 1. The number of rotatable bonds is 2. The Hall–Kier alpha value is -0.620. The molecule has 6 heteroatoms. The van der Waals surface area contributed by atoms with E-state index in [9.17, 15) is 8.42 Å². The molecule has 0 amide bonds. The normalized spacial score (nSPS) is 21.3. The molecular weight excluding hydrogens is 272 g/mol. The number of hydrogen-bond acceptors (Lipinski definition) is 3. The maximum absolute atomic E-state index is 12.4. The molecule has 1 aromatic carbocycles. The minimum atomic E-state index is -3.37. The summed E-state index contributed by atoms with van der Waals surface area (Å²) in [6.07, 6.45) is 1.74. The smallest absolute Gasteiger partial charge is 0.243 e. The van der Waals surface area contributed by atoms with Crippen LogP contribution in [0.5, 0.6) is 0 Å². The van der Waals surface area contributed by atoms with E-state index in [1.165, 1.54) is 4.31 Å². The van der Waals surface area contributed by atoms with Crippen LogP contribution in [0.15, 0.2) is 29.2 Å². The first-order valence-electron chi connectivity index (χ1n) is 5.83. The molecule has 0 unspecified atom stereocenters. The lowest BCUT2D eigenvalue weighted by molar-refractivity contribution is 0.316. The molecule has 102 valence electrons. The van der Waals surface area contributed by atoms with E-state index in [4.69, 9.17) is 5.73 Å². The van der Waals surface area contributed by atoms with E-state index in [1.807, 2.05) is 19.1 Å². The van der Waals surface area contributed by atoms with Gasteiger partial charge in [-0.2, -0.15) is 4.31 Å². The van der Waals surface area contributed by atoms with E-state index in [2.05, 4.69) is 0 Å². The first kappa shape index (κ1) is 15.4. The van der Waals surface area contributed by atoms with Crippen molar-refractivity contribution in [2.45, 2.75) is 30.7 Å². The van der Waals surface area contributed by atoms with Crippen LogP contribution < -0.4 is 5.73 Å². The zero-order valence-electron chi connectivity index (χ0n) is 10.4. The lowest BCUT2D eigenvalue weighted by atomic mass is 10.1. The van der Waals surface area contributed by atoms with Gasteiger partial charge in [-0.05, 0) is 31.4 Å². The van der Waals surface area contributed by atoms with Crippen LogP contribution in [0.25, 0.3) is 0 Å². The van der Waals surface area contributed by atoms with Gasteiger partial charge in [0.2, 0.25) is 10.0 Å². The van der Waals surface area contributed by atoms with Crippen LogP contribution in [0.2, 0.25) is 0 Å². The van der Waals surface area contributed by atoms with Crippen molar-refractivity contribution in [3.63, 3.8) is 0 Å². The third-order valence-electron chi connectivity index (χ3n) is 3.13. The summed E-state index contributed by atoms with van der Waals surface area (Å²) in [6, 6.07) is 7.03. The summed E-state index contributed by atoms with van der Waals surface area (Å²) in [5.74, 6) is 0. The van der Waals surface area contributed by atoms with Crippen molar-refractivity contribution in [3.8, 4) is 0 Å². The number of sulfonamides is 1. The minimum Gasteiger partial charge on any atom is -0.327 e. The molecule has 0 saturated carbocycles. The van der Waals surface area contributed by atoms with E-state index in [1.54, 1.807) is 12.1 Å². The summed E-state index contributed by atoms with van der Waals surface area (Å²) in [7, 11) is -3.37. The van der Waals surface area contributed by atoms with Crippen molar-refractivity contribution in [3.05, 3.63) is 29.8 Å². The average molecular weight is 291 g/mol. The highest BCUT2D eigenvalue weighted by Gasteiger charge is 2.29. The predicted molar refractivity (Wildman–Crippen MR) is 74.4 cm³/mol. The molecule has 1 fully saturated rings. The van der Waals surface area contributed by atoms with Gasteiger partial charge in [0.15, 0.2) is 0 Å². The summed E-state index contributed by atoms with van der Waals surface area (Å²) in [5.41, 5.74) is 6.62. The monoisotopic (exact) mass is 290 g/mol. The molecule has 4 nitrogen and oxygen atoms in total. The van der Waals surface area contributed by atoms with Crippen molar-refractivity contribution in [2.75, 3.05) is 13.1 Å². The minimum absolute atomic E-state index is 0. The summed E-state index contributed by atoms with van der Waals surface area (Å²) in [4.78, 5) is 0.397. The third-order valence-corrected chi connectivity index (χ3v) is 5.16. The highest BCUT2D eigenvalue weighted by atomic mass is 35.5. The zero-order valence-corrected chi connectivity index (χ0v) is 12.0. The van der Waals surface area contributed by atoms with Gasteiger partial charge in [0.05, 0.1) is 4.90 Å². The summed E-state index contributed by atoms with van der Waals surface area (Å²) in [6.45, 7) is 2.82. The lowest BCUT2D eigenvalue weighted by Gasteiger charge is -2.30. The van der Waals surface area contributed by atoms with Gasteiger partial charge < -0.3 is 5.73 Å². The molecule has 1 atom stereocenters. The molecule has 1 heterocycles.